The number of halogens is 2. The second-order valence-corrected chi connectivity index (χ2v) is 9.28. The largest absolute Gasteiger partial charge is 0.507 e. The molecular formula is C26H16Br2N2O. The Morgan fingerprint density at radius 3 is 1.90 bits per heavy atom. The van der Waals surface area contributed by atoms with E-state index in [0.717, 1.165) is 26.6 Å². The minimum Gasteiger partial charge on any atom is -0.507 e. The van der Waals surface area contributed by atoms with Gasteiger partial charge in [0.15, 0.2) is 0 Å². The second-order valence-electron chi connectivity index (χ2n) is 7.45. The van der Waals surface area contributed by atoms with Gasteiger partial charge in [-0.2, -0.15) is 5.26 Å². The van der Waals surface area contributed by atoms with Gasteiger partial charge in [-0.3, -0.25) is 0 Å². The van der Waals surface area contributed by atoms with Gasteiger partial charge in [-0.15, -0.1) is 0 Å². The molecule has 0 amide bonds. The molecule has 3 nitrogen and oxygen atoms in total. The molecule has 150 valence electrons. The van der Waals surface area contributed by atoms with Gasteiger partial charge in [0.05, 0.1) is 16.6 Å². The SMILES string of the molecule is N#Cc1cc(-c2ccc(Cn3c4cc(Br)ccc4c4ccc(Br)cc43)cc2)ccc1O. The van der Waals surface area contributed by atoms with Gasteiger partial charge in [-0.1, -0.05) is 74.3 Å². The fraction of sp³-hybridized carbons (Fsp3) is 0.0385. The van der Waals surface area contributed by atoms with Crippen LogP contribution in [0.5, 0.6) is 5.75 Å². The second kappa shape index (κ2) is 7.88. The van der Waals surface area contributed by atoms with Crippen LogP contribution in [-0.2, 0) is 6.54 Å². The number of nitriles is 1. The predicted octanol–water partition coefficient (Wildman–Crippen LogP) is 7.61. The minimum atomic E-state index is 0.00607. The molecule has 5 heteroatoms. The highest BCUT2D eigenvalue weighted by molar-refractivity contribution is 9.10. The van der Waals surface area contributed by atoms with Crippen molar-refractivity contribution in [1.82, 2.24) is 4.57 Å². The zero-order valence-electron chi connectivity index (χ0n) is 16.3. The van der Waals surface area contributed by atoms with Crippen molar-refractivity contribution in [3.63, 3.8) is 0 Å². The Labute approximate surface area is 196 Å². The summed E-state index contributed by atoms with van der Waals surface area (Å²) in [5.41, 5.74) is 5.75. The van der Waals surface area contributed by atoms with Crippen LogP contribution >= 0.6 is 31.9 Å². The van der Waals surface area contributed by atoms with Crippen molar-refractivity contribution in [2.45, 2.75) is 6.54 Å². The van der Waals surface area contributed by atoms with Crippen LogP contribution in [0.15, 0.2) is 87.8 Å². The van der Waals surface area contributed by atoms with Crippen LogP contribution in [0.25, 0.3) is 32.9 Å². The van der Waals surface area contributed by atoms with Crippen molar-refractivity contribution in [2.75, 3.05) is 0 Å². The number of benzene rings is 4. The monoisotopic (exact) mass is 530 g/mol. The van der Waals surface area contributed by atoms with E-state index in [2.05, 4.69) is 97.1 Å². The Bertz CT molecular complexity index is 1440. The van der Waals surface area contributed by atoms with Crippen molar-refractivity contribution in [2.24, 2.45) is 0 Å². The molecule has 1 heterocycles. The average Bonchev–Trinajstić information content (AvgIpc) is 3.06. The number of rotatable bonds is 3. The molecule has 0 spiro atoms. The molecule has 1 N–H and O–H groups in total. The van der Waals surface area contributed by atoms with Gasteiger partial charge in [0, 0.05) is 26.3 Å². The van der Waals surface area contributed by atoms with E-state index in [1.54, 1.807) is 12.1 Å². The molecule has 5 rings (SSSR count). The van der Waals surface area contributed by atoms with E-state index < -0.39 is 0 Å². The Kier molecular flexibility index (Phi) is 5.05. The zero-order valence-corrected chi connectivity index (χ0v) is 19.5. The predicted molar refractivity (Wildman–Crippen MR) is 132 cm³/mol. The Morgan fingerprint density at radius 2 is 1.32 bits per heavy atom. The summed E-state index contributed by atoms with van der Waals surface area (Å²) in [6, 6.07) is 28.3. The summed E-state index contributed by atoms with van der Waals surface area (Å²) in [7, 11) is 0. The van der Waals surface area contributed by atoms with Gasteiger partial charge in [0.1, 0.15) is 11.8 Å². The van der Waals surface area contributed by atoms with Crippen molar-refractivity contribution in [3.05, 3.63) is 98.9 Å². The molecule has 0 saturated heterocycles. The van der Waals surface area contributed by atoms with Crippen molar-refractivity contribution >= 4 is 53.7 Å². The highest BCUT2D eigenvalue weighted by Gasteiger charge is 2.12. The number of aromatic nitrogens is 1. The maximum atomic E-state index is 9.75. The number of phenolic OH excluding ortho intramolecular Hbond substituents is 1. The third kappa shape index (κ3) is 3.63. The van der Waals surface area contributed by atoms with Gasteiger partial charge in [0.2, 0.25) is 0 Å². The fourth-order valence-corrected chi connectivity index (χ4v) is 4.70. The van der Waals surface area contributed by atoms with Gasteiger partial charge >= 0.3 is 0 Å². The molecule has 0 radical (unpaired) electrons. The molecule has 5 aromatic rings. The standard InChI is InChI=1S/C26H16Br2N2O/c27-20-6-8-22-23-9-7-21(28)13-25(23)30(24(22)12-20)15-16-1-3-17(4-2-16)18-5-10-26(31)19(11-18)14-29/h1-13,31H,15H2. The van der Waals surface area contributed by atoms with Crippen LogP contribution < -0.4 is 0 Å². The van der Waals surface area contributed by atoms with Crippen LogP contribution in [0.1, 0.15) is 11.1 Å². The molecule has 4 aromatic carbocycles. The van der Waals surface area contributed by atoms with Gasteiger partial charge in [-0.25, -0.2) is 0 Å². The molecule has 0 unspecified atom stereocenters. The first-order valence-electron chi connectivity index (χ1n) is 9.73. The summed E-state index contributed by atoms with van der Waals surface area (Å²) in [5.74, 6) is 0.00607. The van der Waals surface area contributed by atoms with Crippen LogP contribution in [0.2, 0.25) is 0 Å². The van der Waals surface area contributed by atoms with Crippen LogP contribution in [0.3, 0.4) is 0 Å². The minimum absolute atomic E-state index is 0.00607. The lowest BCUT2D eigenvalue weighted by molar-refractivity contribution is 0.473. The summed E-state index contributed by atoms with van der Waals surface area (Å²) in [6.07, 6.45) is 0. The third-order valence-electron chi connectivity index (χ3n) is 5.54. The molecule has 0 aliphatic rings. The van der Waals surface area contributed by atoms with Gasteiger partial charge < -0.3 is 9.67 Å². The molecule has 0 aliphatic heterocycles. The van der Waals surface area contributed by atoms with Crippen LogP contribution in [-0.4, -0.2) is 9.67 Å². The van der Waals surface area contributed by atoms with E-state index >= 15 is 0 Å². The quantitative estimate of drug-likeness (QED) is 0.260. The highest BCUT2D eigenvalue weighted by atomic mass is 79.9. The molecule has 0 saturated carbocycles. The molecular weight excluding hydrogens is 516 g/mol. The summed E-state index contributed by atoms with van der Waals surface area (Å²) < 4.78 is 4.45. The van der Waals surface area contributed by atoms with Crippen molar-refractivity contribution < 1.29 is 5.11 Å². The maximum Gasteiger partial charge on any atom is 0.133 e. The summed E-state index contributed by atoms with van der Waals surface area (Å²) >= 11 is 7.23. The van der Waals surface area contributed by atoms with Gasteiger partial charge in [-0.05, 0) is 53.1 Å². The van der Waals surface area contributed by atoms with Crippen LogP contribution in [0.4, 0.5) is 0 Å². The molecule has 1 aromatic heterocycles. The number of phenols is 1. The fourth-order valence-electron chi connectivity index (χ4n) is 4.00. The summed E-state index contributed by atoms with van der Waals surface area (Å²) in [4.78, 5) is 0. The van der Waals surface area contributed by atoms with E-state index in [1.165, 1.54) is 27.4 Å². The molecule has 0 aliphatic carbocycles. The lowest BCUT2D eigenvalue weighted by Crippen LogP contribution is -1.99. The first-order chi connectivity index (χ1) is 15.0. The maximum absolute atomic E-state index is 9.75. The van der Waals surface area contributed by atoms with E-state index in [4.69, 9.17) is 0 Å². The smallest absolute Gasteiger partial charge is 0.133 e. The number of aromatic hydroxyl groups is 1. The number of fused-ring (bicyclic) bond motifs is 3. The Morgan fingerprint density at radius 1 is 0.742 bits per heavy atom. The molecule has 0 bridgehead atoms. The molecule has 31 heavy (non-hydrogen) atoms. The molecule has 0 atom stereocenters. The normalized spacial score (nSPS) is 11.1. The van der Waals surface area contributed by atoms with Crippen molar-refractivity contribution in [1.29, 1.82) is 5.26 Å². The van der Waals surface area contributed by atoms with E-state index in [1.807, 2.05) is 12.1 Å². The zero-order chi connectivity index (χ0) is 21.5. The highest BCUT2D eigenvalue weighted by Crippen LogP contribution is 2.33. The van der Waals surface area contributed by atoms with E-state index in [9.17, 15) is 10.4 Å². The number of hydrogen-bond donors (Lipinski definition) is 1. The van der Waals surface area contributed by atoms with Gasteiger partial charge in [0.25, 0.3) is 0 Å². The average molecular weight is 532 g/mol. The summed E-state index contributed by atoms with van der Waals surface area (Å²) in [5, 5.41) is 21.4. The first kappa shape index (κ1) is 19.9. The van der Waals surface area contributed by atoms with Crippen molar-refractivity contribution in [3.8, 4) is 22.9 Å². The summed E-state index contributed by atoms with van der Waals surface area (Å²) in [6.45, 7) is 0.742. The number of hydrogen-bond acceptors (Lipinski definition) is 2. The van der Waals surface area contributed by atoms with E-state index in [-0.39, 0.29) is 11.3 Å². The first-order valence-corrected chi connectivity index (χ1v) is 11.3. The topological polar surface area (TPSA) is 49.0 Å². The van der Waals surface area contributed by atoms with E-state index in [0.29, 0.717) is 0 Å². The molecule has 0 fully saturated rings. The number of nitrogens with zero attached hydrogens (tertiary/aromatic N) is 2. The lowest BCUT2D eigenvalue weighted by atomic mass is 10.0. The van der Waals surface area contributed by atoms with Crippen LogP contribution in [0, 0.1) is 11.3 Å². The Balaban J connectivity index is 1.56. The third-order valence-corrected chi connectivity index (χ3v) is 6.52. The lowest BCUT2D eigenvalue weighted by Gasteiger charge is -2.10. The Hall–Kier alpha value is -3.07.